The normalized spacial score (nSPS) is 24.2. The first-order valence-corrected chi connectivity index (χ1v) is 8.53. The van der Waals surface area contributed by atoms with Gasteiger partial charge in [-0.2, -0.15) is 0 Å². The molecule has 2 heterocycles. The molecular weight excluding hydrogens is 314 g/mol. The Labute approximate surface area is 147 Å². The topological polar surface area (TPSA) is 61.4 Å². The Morgan fingerprint density at radius 3 is 2.68 bits per heavy atom. The maximum absolute atomic E-state index is 12.8. The first-order chi connectivity index (χ1) is 12.1. The van der Waals surface area contributed by atoms with Crippen molar-refractivity contribution < 1.29 is 9.59 Å². The van der Waals surface area contributed by atoms with Gasteiger partial charge in [-0.1, -0.05) is 48.5 Å². The number of likely N-dealkylation sites (N-methyl/N-ethyl adjacent to an activating group) is 1. The molecule has 4 rings (SSSR count). The van der Waals surface area contributed by atoms with Gasteiger partial charge >= 0.3 is 0 Å². The molecule has 0 bridgehead atoms. The van der Waals surface area contributed by atoms with Gasteiger partial charge in [0.15, 0.2) is 0 Å². The molecule has 0 saturated carbocycles. The minimum absolute atomic E-state index is 0.0118. The molecule has 2 aromatic rings. The zero-order valence-corrected chi connectivity index (χ0v) is 14.2. The van der Waals surface area contributed by atoms with Crippen molar-refractivity contribution in [2.24, 2.45) is 0 Å². The largest absolute Gasteiger partial charge is 0.340 e. The third kappa shape index (κ3) is 2.61. The Bertz CT molecular complexity index is 821. The molecule has 0 radical (unpaired) electrons. The molecule has 1 fully saturated rings. The van der Waals surface area contributed by atoms with Gasteiger partial charge in [-0.3, -0.25) is 9.59 Å². The molecule has 1 spiro atoms. The van der Waals surface area contributed by atoms with Crippen LogP contribution in [0.5, 0.6) is 0 Å². The van der Waals surface area contributed by atoms with E-state index < -0.39 is 5.41 Å². The van der Waals surface area contributed by atoms with Crippen LogP contribution in [-0.4, -0.2) is 36.3 Å². The van der Waals surface area contributed by atoms with E-state index in [1.54, 1.807) is 4.90 Å². The lowest BCUT2D eigenvalue weighted by Gasteiger charge is -2.23. The van der Waals surface area contributed by atoms with E-state index in [1.165, 1.54) is 0 Å². The van der Waals surface area contributed by atoms with Crippen molar-refractivity contribution in [3.05, 3.63) is 65.7 Å². The Balaban J connectivity index is 1.51. The first-order valence-electron chi connectivity index (χ1n) is 8.53. The Hall–Kier alpha value is -2.66. The second-order valence-electron chi connectivity index (χ2n) is 6.90. The number of hydrogen-bond acceptors (Lipinski definition) is 3. The highest BCUT2D eigenvalue weighted by Crippen LogP contribution is 2.43. The quantitative estimate of drug-likeness (QED) is 0.901. The summed E-state index contributed by atoms with van der Waals surface area (Å²) in [6.45, 7) is 1.05. The van der Waals surface area contributed by atoms with Crippen molar-refractivity contribution in [2.75, 3.05) is 18.9 Å². The zero-order valence-electron chi connectivity index (χ0n) is 14.2. The van der Waals surface area contributed by atoms with Crippen molar-refractivity contribution in [3.8, 4) is 0 Å². The lowest BCUT2D eigenvalue weighted by atomic mass is 9.79. The average molecular weight is 335 g/mol. The smallest absolute Gasteiger partial charge is 0.239 e. The number of hydrogen-bond donors (Lipinski definition) is 2. The number of para-hydroxylation sites is 1. The molecule has 2 aromatic carbocycles. The highest BCUT2D eigenvalue weighted by atomic mass is 16.2. The number of nitrogens with one attached hydrogen (secondary N) is 2. The minimum atomic E-state index is -0.634. The van der Waals surface area contributed by atoms with E-state index in [4.69, 9.17) is 0 Å². The van der Waals surface area contributed by atoms with Crippen LogP contribution < -0.4 is 10.6 Å². The van der Waals surface area contributed by atoms with Crippen LogP contribution >= 0.6 is 0 Å². The highest BCUT2D eigenvalue weighted by Gasteiger charge is 2.53. The molecule has 2 amide bonds. The maximum Gasteiger partial charge on any atom is 0.239 e. The average Bonchev–Trinajstić information content (AvgIpc) is 3.19. The van der Waals surface area contributed by atoms with Crippen LogP contribution in [0, 0.1) is 0 Å². The monoisotopic (exact) mass is 335 g/mol. The van der Waals surface area contributed by atoms with Crippen molar-refractivity contribution in [1.82, 2.24) is 10.2 Å². The van der Waals surface area contributed by atoms with E-state index in [1.807, 2.05) is 61.6 Å². The summed E-state index contributed by atoms with van der Waals surface area (Å²) < 4.78 is 0. The number of amides is 2. The molecule has 128 valence electrons. The van der Waals surface area contributed by atoms with Gasteiger partial charge in [-0.15, -0.1) is 0 Å². The molecule has 2 N–H and O–H groups in total. The Morgan fingerprint density at radius 1 is 1.16 bits per heavy atom. The van der Waals surface area contributed by atoms with Gasteiger partial charge < -0.3 is 15.5 Å². The van der Waals surface area contributed by atoms with E-state index in [0.717, 1.165) is 16.8 Å². The van der Waals surface area contributed by atoms with E-state index in [2.05, 4.69) is 10.6 Å². The SMILES string of the molecule is CN(Cc1ccccc1)C(=O)[C@H]1C[C@]2(CN1)C(=O)Nc1ccccc12. The standard InChI is InChI=1S/C20H21N3O2/c1-23(12-14-7-3-2-4-8-14)18(24)17-11-20(13-21-17)15-9-5-6-10-16(15)22-19(20)25/h2-10,17,21H,11-13H2,1H3,(H,22,25)/t17-,20-/m1/s1. The number of fused-ring (bicyclic) bond motifs is 2. The van der Waals surface area contributed by atoms with Crippen LogP contribution in [0.1, 0.15) is 17.5 Å². The maximum atomic E-state index is 12.8. The fourth-order valence-electron chi connectivity index (χ4n) is 3.92. The van der Waals surface area contributed by atoms with E-state index in [-0.39, 0.29) is 17.9 Å². The lowest BCUT2D eigenvalue weighted by molar-refractivity contribution is -0.132. The molecule has 2 atom stereocenters. The van der Waals surface area contributed by atoms with Crippen LogP contribution in [0.3, 0.4) is 0 Å². The van der Waals surface area contributed by atoms with E-state index in [0.29, 0.717) is 19.5 Å². The summed E-state index contributed by atoms with van der Waals surface area (Å²) >= 11 is 0. The molecule has 0 unspecified atom stereocenters. The molecule has 0 aliphatic carbocycles. The number of nitrogens with zero attached hydrogens (tertiary/aromatic N) is 1. The highest BCUT2D eigenvalue weighted by molar-refractivity contribution is 6.07. The van der Waals surface area contributed by atoms with Crippen LogP contribution in [0.15, 0.2) is 54.6 Å². The van der Waals surface area contributed by atoms with Crippen LogP contribution in [0.4, 0.5) is 5.69 Å². The fourth-order valence-corrected chi connectivity index (χ4v) is 3.92. The van der Waals surface area contributed by atoms with Gasteiger partial charge in [-0.05, 0) is 23.6 Å². The third-order valence-electron chi connectivity index (χ3n) is 5.27. The molecule has 0 aromatic heterocycles. The molecule has 2 aliphatic heterocycles. The lowest BCUT2D eigenvalue weighted by Crippen LogP contribution is -2.41. The first kappa shape index (κ1) is 15.8. The second kappa shape index (κ2) is 6.01. The van der Waals surface area contributed by atoms with E-state index in [9.17, 15) is 9.59 Å². The van der Waals surface area contributed by atoms with Crippen LogP contribution in [0.25, 0.3) is 0 Å². The number of carbonyl (C=O) groups is 2. The van der Waals surface area contributed by atoms with Crippen LogP contribution in [0.2, 0.25) is 0 Å². The number of benzene rings is 2. The summed E-state index contributed by atoms with van der Waals surface area (Å²) in [5.41, 5.74) is 2.31. The Kier molecular flexibility index (Phi) is 3.81. The van der Waals surface area contributed by atoms with Gasteiger partial charge in [0.1, 0.15) is 0 Å². The molecular formula is C20H21N3O2. The molecule has 2 aliphatic rings. The third-order valence-corrected chi connectivity index (χ3v) is 5.27. The van der Waals surface area contributed by atoms with Gasteiger partial charge in [0.2, 0.25) is 11.8 Å². The predicted octanol–water partition coefficient (Wildman–Crippen LogP) is 1.90. The predicted molar refractivity (Wildman–Crippen MR) is 96.1 cm³/mol. The van der Waals surface area contributed by atoms with Gasteiger partial charge in [0.05, 0.1) is 11.5 Å². The summed E-state index contributed by atoms with van der Waals surface area (Å²) in [5.74, 6) is 0.0140. The van der Waals surface area contributed by atoms with Gasteiger partial charge in [-0.25, -0.2) is 0 Å². The summed E-state index contributed by atoms with van der Waals surface area (Å²) in [5, 5.41) is 6.23. The minimum Gasteiger partial charge on any atom is -0.340 e. The van der Waals surface area contributed by atoms with Crippen molar-refractivity contribution in [1.29, 1.82) is 0 Å². The number of anilines is 1. The summed E-state index contributed by atoms with van der Waals surface area (Å²) in [7, 11) is 1.81. The van der Waals surface area contributed by atoms with Crippen molar-refractivity contribution in [2.45, 2.75) is 24.4 Å². The van der Waals surface area contributed by atoms with Gasteiger partial charge in [0, 0.05) is 25.8 Å². The summed E-state index contributed by atoms with van der Waals surface area (Å²) in [6, 6.07) is 17.3. The van der Waals surface area contributed by atoms with E-state index >= 15 is 0 Å². The second-order valence-corrected chi connectivity index (χ2v) is 6.90. The number of carbonyl (C=O) groups excluding carboxylic acids is 2. The van der Waals surface area contributed by atoms with Crippen molar-refractivity contribution in [3.63, 3.8) is 0 Å². The zero-order chi connectivity index (χ0) is 17.4. The molecule has 1 saturated heterocycles. The molecule has 5 nitrogen and oxygen atoms in total. The van der Waals surface area contributed by atoms with Crippen LogP contribution in [-0.2, 0) is 21.5 Å². The van der Waals surface area contributed by atoms with Crippen molar-refractivity contribution >= 4 is 17.5 Å². The molecule has 5 heteroatoms. The fraction of sp³-hybridized carbons (Fsp3) is 0.300. The Morgan fingerprint density at radius 2 is 1.88 bits per heavy atom. The summed E-state index contributed by atoms with van der Waals surface area (Å²) in [6.07, 6.45) is 0.494. The molecule has 25 heavy (non-hydrogen) atoms. The number of rotatable bonds is 3. The summed E-state index contributed by atoms with van der Waals surface area (Å²) in [4.78, 5) is 27.2. The van der Waals surface area contributed by atoms with Gasteiger partial charge in [0.25, 0.3) is 0 Å².